The van der Waals surface area contributed by atoms with Gasteiger partial charge in [-0.25, -0.2) is 4.79 Å². The highest BCUT2D eigenvalue weighted by molar-refractivity contribution is 14.1. The van der Waals surface area contributed by atoms with Crippen LogP contribution in [-0.4, -0.2) is 40.8 Å². The number of rotatable bonds is 8. The molecule has 11 heteroatoms. The topological polar surface area (TPSA) is 132 Å². The van der Waals surface area contributed by atoms with Crippen molar-refractivity contribution in [3.05, 3.63) is 61.2 Å². The van der Waals surface area contributed by atoms with E-state index in [-0.39, 0.29) is 11.6 Å². The van der Waals surface area contributed by atoms with Gasteiger partial charge in [0.05, 0.1) is 32.1 Å². The molecule has 166 valence electrons. The fourth-order valence-corrected chi connectivity index (χ4v) is 3.73. The van der Waals surface area contributed by atoms with E-state index in [0.29, 0.717) is 44.2 Å². The van der Waals surface area contributed by atoms with Crippen LogP contribution in [0.1, 0.15) is 19.4 Å². The van der Waals surface area contributed by atoms with Crippen LogP contribution in [0.25, 0.3) is 6.08 Å². The Bertz CT molecular complexity index is 1140. The second kappa shape index (κ2) is 9.77. The van der Waals surface area contributed by atoms with E-state index >= 15 is 0 Å². The molecule has 32 heavy (non-hydrogen) atoms. The molecular formula is C21H18IN3O7. The van der Waals surface area contributed by atoms with Crippen molar-refractivity contribution >= 4 is 57.6 Å². The molecule has 1 heterocycles. The lowest BCUT2D eigenvalue weighted by molar-refractivity contribution is -0.384. The van der Waals surface area contributed by atoms with Gasteiger partial charge < -0.3 is 14.6 Å². The third kappa shape index (κ3) is 5.04. The molecule has 0 aromatic heterocycles. The summed E-state index contributed by atoms with van der Waals surface area (Å²) < 4.78 is 11.6. The maximum absolute atomic E-state index is 13.0. The highest BCUT2D eigenvalue weighted by atomic mass is 127. The molecule has 0 spiro atoms. The molecule has 0 atom stereocenters. The Kier molecular flexibility index (Phi) is 7.08. The summed E-state index contributed by atoms with van der Waals surface area (Å²) in [4.78, 5) is 34.1. The van der Waals surface area contributed by atoms with E-state index in [2.05, 4.69) is 5.10 Å². The van der Waals surface area contributed by atoms with Gasteiger partial charge in [-0.3, -0.25) is 14.9 Å². The zero-order valence-corrected chi connectivity index (χ0v) is 19.2. The molecule has 1 N–H and O–H groups in total. The molecule has 0 unspecified atom stereocenters. The Hall–Kier alpha value is -3.48. The number of hydrogen-bond donors (Lipinski definition) is 1. The van der Waals surface area contributed by atoms with E-state index in [1.54, 1.807) is 32.1 Å². The Morgan fingerprint density at radius 3 is 2.56 bits per heavy atom. The number of anilines is 1. The number of non-ortho nitro benzene ring substituents is 1. The van der Waals surface area contributed by atoms with Gasteiger partial charge in [0, 0.05) is 12.1 Å². The zero-order chi connectivity index (χ0) is 23.4. The first-order valence-electron chi connectivity index (χ1n) is 9.38. The number of halogens is 1. The highest BCUT2D eigenvalue weighted by Gasteiger charge is 2.29. The molecule has 0 aliphatic carbocycles. The van der Waals surface area contributed by atoms with Crippen molar-refractivity contribution in [3.8, 4) is 11.5 Å². The van der Waals surface area contributed by atoms with Crippen molar-refractivity contribution < 1.29 is 29.1 Å². The molecule has 3 rings (SSSR count). The summed E-state index contributed by atoms with van der Waals surface area (Å²) in [5.41, 5.74) is 1.79. The molecule has 1 aliphatic rings. The van der Waals surface area contributed by atoms with Crippen LogP contribution in [0.5, 0.6) is 11.5 Å². The van der Waals surface area contributed by atoms with Gasteiger partial charge in [-0.2, -0.15) is 10.1 Å². The minimum atomic E-state index is -1.11. The van der Waals surface area contributed by atoms with E-state index in [4.69, 9.17) is 14.6 Å². The summed E-state index contributed by atoms with van der Waals surface area (Å²) in [7, 11) is 0. The Morgan fingerprint density at radius 2 is 1.97 bits per heavy atom. The first kappa shape index (κ1) is 23.2. The standard InChI is InChI=1S/C21H18IN3O7/c1-3-31-18-10-13(9-17(22)20(18)32-11-19(26)27)8-16-12(2)23-24(21(16)28)14-4-6-15(7-5-14)25(29)30/h4-10H,3,11H2,1-2H3,(H,26,27). The van der Waals surface area contributed by atoms with Crippen LogP contribution < -0.4 is 14.5 Å². The summed E-state index contributed by atoms with van der Waals surface area (Å²) in [5.74, 6) is -0.813. The fourth-order valence-electron chi connectivity index (χ4n) is 2.95. The predicted molar refractivity (Wildman–Crippen MR) is 125 cm³/mol. The van der Waals surface area contributed by atoms with Gasteiger partial charge in [0.25, 0.3) is 11.6 Å². The van der Waals surface area contributed by atoms with Gasteiger partial charge in [0.1, 0.15) is 0 Å². The first-order valence-corrected chi connectivity index (χ1v) is 10.5. The number of carboxylic acids is 1. The summed E-state index contributed by atoms with van der Waals surface area (Å²) in [6.07, 6.45) is 1.65. The van der Waals surface area contributed by atoms with Crippen LogP contribution in [0, 0.1) is 13.7 Å². The van der Waals surface area contributed by atoms with Crippen LogP contribution in [0.4, 0.5) is 11.4 Å². The number of nitro groups is 1. The normalized spacial score (nSPS) is 14.5. The van der Waals surface area contributed by atoms with Crippen LogP contribution in [-0.2, 0) is 9.59 Å². The quantitative estimate of drug-likeness (QED) is 0.228. The molecule has 0 bridgehead atoms. The average molecular weight is 551 g/mol. The maximum atomic E-state index is 13.0. The smallest absolute Gasteiger partial charge is 0.341 e. The number of hydrogen-bond acceptors (Lipinski definition) is 7. The zero-order valence-electron chi connectivity index (χ0n) is 17.1. The number of hydrazone groups is 1. The summed E-state index contributed by atoms with van der Waals surface area (Å²) in [6.45, 7) is 3.31. The third-order valence-electron chi connectivity index (χ3n) is 4.35. The maximum Gasteiger partial charge on any atom is 0.341 e. The van der Waals surface area contributed by atoms with Crippen molar-refractivity contribution in [1.29, 1.82) is 0 Å². The van der Waals surface area contributed by atoms with Crippen LogP contribution in [0.3, 0.4) is 0 Å². The number of ether oxygens (including phenoxy) is 2. The van der Waals surface area contributed by atoms with Crippen molar-refractivity contribution in [1.82, 2.24) is 0 Å². The minimum Gasteiger partial charge on any atom is -0.490 e. The Morgan fingerprint density at radius 1 is 1.28 bits per heavy atom. The number of carbonyl (C=O) groups excluding carboxylic acids is 1. The monoisotopic (exact) mass is 551 g/mol. The second-order valence-corrected chi connectivity index (χ2v) is 7.74. The number of carbonyl (C=O) groups is 2. The molecule has 10 nitrogen and oxygen atoms in total. The van der Waals surface area contributed by atoms with Crippen molar-refractivity contribution in [2.45, 2.75) is 13.8 Å². The molecule has 2 aromatic carbocycles. The number of benzene rings is 2. The number of nitrogens with zero attached hydrogens (tertiary/aromatic N) is 3. The number of aliphatic carboxylic acids is 1. The molecule has 0 fully saturated rings. The van der Waals surface area contributed by atoms with E-state index in [9.17, 15) is 19.7 Å². The van der Waals surface area contributed by atoms with Gasteiger partial charge in [0.2, 0.25) is 0 Å². The van der Waals surface area contributed by atoms with Gasteiger partial charge in [-0.1, -0.05) is 0 Å². The minimum absolute atomic E-state index is 0.0832. The molecule has 1 amide bonds. The molecular weight excluding hydrogens is 533 g/mol. The van der Waals surface area contributed by atoms with Crippen molar-refractivity contribution in [2.75, 3.05) is 18.2 Å². The van der Waals surface area contributed by atoms with Crippen molar-refractivity contribution in [2.24, 2.45) is 5.10 Å². The summed E-state index contributed by atoms with van der Waals surface area (Å²) in [6, 6.07) is 8.93. The number of nitro benzene ring substituents is 1. The SMILES string of the molecule is CCOc1cc(C=C2C(=O)N(c3ccc([N+](=O)[O-])cc3)N=C2C)cc(I)c1OCC(=O)O. The van der Waals surface area contributed by atoms with Crippen LogP contribution >= 0.6 is 22.6 Å². The largest absolute Gasteiger partial charge is 0.490 e. The highest BCUT2D eigenvalue weighted by Crippen LogP contribution is 2.35. The first-order chi connectivity index (χ1) is 15.2. The molecule has 0 saturated carbocycles. The van der Waals surface area contributed by atoms with E-state index in [1.165, 1.54) is 29.3 Å². The van der Waals surface area contributed by atoms with Gasteiger partial charge in [-0.05, 0) is 72.3 Å². The predicted octanol–water partition coefficient (Wildman–Crippen LogP) is 3.87. The second-order valence-electron chi connectivity index (χ2n) is 6.58. The Labute approximate surface area is 196 Å². The van der Waals surface area contributed by atoms with E-state index in [0.717, 1.165) is 0 Å². The number of carboxylic acid groups (broad SMARTS) is 1. The lowest BCUT2D eigenvalue weighted by atomic mass is 10.1. The molecule has 1 aliphatic heterocycles. The van der Waals surface area contributed by atoms with Crippen LogP contribution in [0.2, 0.25) is 0 Å². The average Bonchev–Trinajstić information content (AvgIpc) is 3.01. The fraction of sp³-hybridized carbons (Fsp3) is 0.190. The lowest BCUT2D eigenvalue weighted by Crippen LogP contribution is -2.21. The lowest BCUT2D eigenvalue weighted by Gasteiger charge is -2.14. The van der Waals surface area contributed by atoms with E-state index < -0.39 is 17.5 Å². The Balaban J connectivity index is 1.92. The van der Waals surface area contributed by atoms with Crippen molar-refractivity contribution in [3.63, 3.8) is 0 Å². The van der Waals surface area contributed by atoms with E-state index in [1.807, 2.05) is 22.6 Å². The summed E-state index contributed by atoms with van der Waals surface area (Å²) >= 11 is 2.01. The van der Waals surface area contributed by atoms with Gasteiger partial charge in [0.15, 0.2) is 18.1 Å². The van der Waals surface area contributed by atoms with Crippen LogP contribution in [0.15, 0.2) is 47.1 Å². The van der Waals surface area contributed by atoms with Gasteiger partial charge >= 0.3 is 5.97 Å². The summed E-state index contributed by atoms with van der Waals surface area (Å²) in [5, 5.41) is 25.2. The number of amides is 1. The van der Waals surface area contributed by atoms with Gasteiger partial charge in [-0.15, -0.1) is 0 Å². The molecule has 0 radical (unpaired) electrons. The molecule has 2 aromatic rings. The molecule has 0 saturated heterocycles. The third-order valence-corrected chi connectivity index (χ3v) is 5.15.